The minimum Gasteiger partial charge on any atom is -0.159 e. The van der Waals surface area contributed by atoms with Crippen molar-refractivity contribution in [1.29, 1.82) is 0 Å². The van der Waals surface area contributed by atoms with Gasteiger partial charge in [-0.3, -0.25) is 0 Å². The third kappa shape index (κ3) is 2.41. The van der Waals surface area contributed by atoms with Crippen LogP contribution >= 0.6 is 11.8 Å². The molecule has 0 aliphatic carbocycles. The highest BCUT2D eigenvalue weighted by Gasteiger charge is 2.17. The number of rotatable bonds is 3. The molecule has 0 N–H and O–H groups in total. The van der Waals surface area contributed by atoms with E-state index in [0.717, 1.165) is 6.42 Å². The third-order valence-corrected chi connectivity index (χ3v) is 4.30. The molecule has 0 atom stereocenters. The van der Waals surface area contributed by atoms with Gasteiger partial charge >= 0.3 is 0 Å². The van der Waals surface area contributed by atoms with Crippen molar-refractivity contribution < 1.29 is 0 Å². The van der Waals surface area contributed by atoms with Gasteiger partial charge in [0.25, 0.3) is 0 Å². The minimum atomic E-state index is 0.310. The van der Waals surface area contributed by atoms with Gasteiger partial charge in [0.2, 0.25) is 0 Å². The highest BCUT2D eigenvalue weighted by molar-refractivity contribution is 7.99. The molecule has 0 nitrogen and oxygen atoms in total. The van der Waals surface area contributed by atoms with Crippen LogP contribution in [0.2, 0.25) is 0 Å². The van der Waals surface area contributed by atoms with E-state index in [2.05, 4.69) is 62.6 Å². The van der Waals surface area contributed by atoms with Gasteiger partial charge in [0.15, 0.2) is 0 Å². The highest BCUT2D eigenvalue weighted by Crippen LogP contribution is 2.29. The van der Waals surface area contributed by atoms with E-state index in [-0.39, 0.29) is 0 Å². The van der Waals surface area contributed by atoms with Gasteiger partial charge in [-0.1, -0.05) is 56.3 Å². The van der Waals surface area contributed by atoms with Crippen LogP contribution in [0.4, 0.5) is 0 Å². The summed E-state index contributed by atoms with van der Waals surface area (Å²) in [6.45, 7) is 4.61. The largest absolute Gasteiger partial charge is 0.159 e. The normalized spacial score (nSPS) is 11.9. The molecule has 0 radical (unpaired) electrons. The Bertz CT molecular complexity index is 480. The molecule has 0 bridgehead atoms. The summed E-state index contributed by atoms with van der Waals surface area (Å²) >= 11 is 1.93. The molecule has 0 aliphatic rings. The quantitative estimate of drug-likeness (QED) is 0.747. The molecule has 16 heavy (non-hydrogen) atoms. The molecule has 0 aromatic heterocycles. The van der Waals surface area contributed by atoms with E-state index in [1.165, 1.54) is 16.3 Å². The molecular weight excluding hydrogens is 212 g/mol. The van der Waals surface area contributed by atoms with Crippen LogP contribution in [-0.4, -0.2) is 11.0 Å². The molecule has 0 fully saturated rings. The molecule has 2 aromatic carbocycles. The molecule has 1 heteroatoms. The van der Waals surface area contributed by atoms with Crippen LogP contribution in [0, 0.1) is 0 Å². The molecular formula is C15H18S. The Kier molecular flexibility index (Phi) is 3.25. The Balaban J connectivity index is 2.45. The standard InChI is InChI=1S/C15H18S/c1-15(2,16-3)11-13-9-6-8-12-7-4-5-10-14(12)13/h4-10H,11H2,1-3H3. The number of thioether (sulfide) groups is 1. The number of fused-ring (bicyclic) bond motifs is 1. The second kappa shape index (κ2) is 4.50. The smallest absolute Gasteiger partial charge is 0.0141 e. The summed E-state index contributed by atoms with van der Waals surface area (Å²) in [7, 11) is 0. The maximum Gasteiger partial charge on any atom is 0.0141 e. The lowest BCUT2D eigenvalue weighted by molar-refractivity contribution is 0.713. The van der Waals surface area contributed by atoms with Crippen molar-refractivity contribution >= 4 is 22.5 Å². The molecule has 0 unspecified atom stereocenters. The molecule has 0 amide bonds. The lowest BCUT2D eigenvalue weighted by Gasteiger charge is -2.22. The fraction of sp³-hybridized carbons (Fsp3) is 0.333. The fourth-order valence-corrected chi connectivity index (χ4v) is 2.28. The highest BCUT2D eigenvalue weighted by atomic mass is 32.2. The van der Waals surface area contributed by atoms with Gasteiger partial charge in [-0.05, 0) is 29.0 Å². The predicted octanol–water partition coefficient (Wildman–Crippen LogP) is 4.52. The molecule has 0 spiro atoms. The second-order valence-corrected chi connectivity index (χ2v) is 6.29. The van der Waals surface area contributed by atoms with Gasteiger partial charge in [0.05, 0.1) is 0 Å². The predicted molar refractivity (Wildman–Crippen MR) is 75.2 cm³/mol. The number of benzene rings is 2. The van der Waals surface area contributed by atoms with E-state index in [0.29, 0.717) is 4.75 Å². The van der Waals surface area contributed by atoms with Gasteiger partial charge in [-0.25, -0.2) is 0 Å². The van der Waals surface area contributed by atoms with Crippen molar-refractivity contribution in [2.45, 2.75) is 25.0 Å². The third-order valence-electron chi connectivity index (χ3n) is 3.05. The summed E-state index contributed by atoms with van der Waals surface area (Å²) in [4.78, 5) is 0. The Morgan fingerprint density at radius 1 is 1.00 bits per heavy atom. The van der Waals surface area contributed by atoms with Crippen molar-refractivity contribution in [2.24, 2.45) is 0 Å². The van der Waals surface area contributed by atoms with E-state index in [9.17, 15) is 0 Å². The monoisotopic (exact) mass is 230 g/mol. The SMILES string of the molecule is CSC(C)(C)Cc1cccc2ccccc12. The van der Waals surface area contributed by atoms with Crippen molar-refractivity contribution in [2.75, 3.05) is 6.26 Å². The van der Waals surface area contributed by atoms with Crippen LogP contribution in [0.3, 0.4) is 0 Å². The Hall–Kier alpha value is -0.950. The van der Waals surface area contributed by atoms with Gasteiger partial charge < -0.3 is 0 Å². The molecule has 0 heterocycles. The van der Waals surface area contributed by atoms with Crippen molar-refractivity contribution in [3.63, 3.8) is 0 Å². The van der Waals surface area contributed by atoms with Gasteiger partial charge in [0, 0.05) is 4.75 Å². The topological polar surface area (TPSA) is 0 Å². The van der Waals surface area contributed by atoms with E-state index in [1.54, 1.807) is 0 Å². The van der Waals surface area contributed by atoms with E-state index < -0.39 is 0 Å². The molecule has 2 aromatic rings. The van der Waals surface area contributed by atoms with E-state index in [4.69, 9.17) is 0 Å². The lowest BCUT2D eigenvalue weighted by atomic mass is 9.96. The van der Waals surface area contributed by atoms with Gasteiger partial charge in [-0.2, -0.15) is 11.8 Å². The minimum absolute atomic E-state index is 0.310. The zero-order valence-corrected chi connectivity index (χ0v) is 11.0. The first kappa shape index (κ1) is 11.5. The summed E-state index contributed by atoms with van der Waals surface area (Å²) in [6, 6.07) is 15.2. The number of hydrogen-bond donors (Lipinski definition) is 0. The summed E-state index contributed by atoms with van der Waals surface area (Å²) in [5, 5.41) is 2.74. The van der Waals surface area contributed by atoms with Crippen LogP contribution in [0.5, 0.6) is 0 Å². The summed E-state index contributed by atoms with van der Waals surface area (Å²) in [5.74, 6) is 0. The van der Waals surface area contributed by atoms with Gasteiger partial charge in [-0.15, -0.1) is 0 Å². The summed E-state index contributed by atoms with van der Waals surface area (Å²) in [5.41, 5.74) is 1.46. The Labute approximate surface area is 102 Å². The van der Waals surface area contributed by atoms with Crippen molar-refractivity contribution in [3.05, 3.63) is 48.0 Å². The fourth-order valence-electron chi connectivity index (χ4n) is 1.98. The Morgan fingerprint density at radius 3 is 2.44 bits per heavy atom. The molecule has 0 saturated carbocycles. The van der Waals surface area contributed by atoms with Crippen LogP contribution in [0.25, 0.3) is 10.8 Å². The average Bonchev–Trinajstić information content (AvgIpc) is 2.29. The van der Waals surface area contributed by atoms with E-state index in [1.807, 2.05) is 11.8 Å². The van der Waals surface area contributed by atoms with Gasteiger partial charge in [0.1, 0.15) is 0 Å². The summed E-state index contributed by atoms with van der Waals surface area (Å²) < 4.78 is 0.310. The Morgan fingerprint density at radius 2 is 1.69 bits per heavy atom. The first-order valence-corrected chi connectivity index (χ1v) is 6.87. The molecule has 84 valence electrons. The first-order valence-electron chi connectivity index (χ1n) is 5.64. The van der Waals surface area contributed by atoms with E-state index >= 15 is 0 Å². The average molecular weight is 230 g/mol. The molecule has 0 saturated heterocycles. The van der Waals surface area contributed by atoms with Crippen molar-refractivity contribution in [3.8, 4) is 0 Å². The van der Waals surface area contributed by atoms with Crippen LogP contribution < -0.4 is 0 Å². The lowest BCUT2D eigenvalue weighted by Crippen LogP contribution is -2.17. The maximum absolute atomic E-state index is 2.30. The first-order chi connectivity index (χ1) is 7.62. The summed E-state index contributed by atoms with van der Waals surface area (Å²) in [6.07, 6.45) is 3.31. The van der Waals surface area contributed by atoms with Crippen LogP contribution in [0.1, 0.15) is 19.4 Å². The number of hydrogen-bond acceptors (Lipinski definition) is 1. The zero-order chi connectivity index (χ0) is 11.6. The molecule has 0 aliphatic heterocycles. The molecule has 2 rings (SSSR count). The van der Waals surface area contributed by atoms with Crippen LogP contribution in [-0.2, 0) is 6.42 Å². The van der Waals surface area contributed by atoms with Crippen molar-refractivity contribution in [1.82, 2.24) is 0 Å². The maximum atomic E-state index is 2.30. The zero-order valence-electron chi connectivity index (χ0n) is 10.2. The second-order valence-electron chi connectivity index (χ2n) is 4.78. The van der Waals surface area contributed by atoms with Crippen LogP contribution in [0.15, 0.2) is 42.5 Å².